The number of para-hydroxylation sites is 1. The largest absolute Gasteiger partial charge is 0.396 e. The molecule has 0 aliphatic heterocycles. The zero-order valence-electron chi connectivity index (χ0n) is 11.8. The van der Waals surface area contributed by atoms with E-state index in [2.05, 4.69) is 21.5 Å². The van der Waals surface area contributed by atoms with Crippen LogP contribution in [0, 0.1) is 0 Å². The van der Waals surface area contributed by atoms with Crippen LogP contribution in [0.1, 0.15) is 18.4 Å². The fourth-order valence-corrected chi connectivity index (χ4v) is 2.31. The summed E-state index contributed by atoms with van der Waals surface area (Å²) in [6.45, 7) is 0.675. The average molecular weight is 316 g/mol. The first-order chi connectivity index (χ1) is 10.2. The molecule has 0 fully saturated rings. The summed E-state index contributed by atoms with van der Waals surface area (Å²) in [5.41, 5.74) is 7.49. The molecule has 21 heavy (non-hydrogen) atoms. The first kappa shape index (κ1) is 17.8. The van der Waals surface area contributed by atoms with Gasteiger partial charge in [-0.05, 0) is 42.0 Å². The fraction of sp³-hybridized carbons (Fsp3) is 0.429. The quantitative estimate of drug-likeness (QED) is 0.729. The molecule has 1 heterocycles. The highest BCUT2D eigenvalue weighted by Gasteiger charge is 2.01. The normalized spacial score (nSPS) is 12.0. The number of aromatic nitrogens is 1. The van der Waals surface area contributed by atoms with Crippen LogP contribution < -0.4 is 5.73 Å². The Labute approximate surface area is 125 Å². The van der Waals surface area contributed by atoms with Crippen LogP contribution in [0.2, 0.25) is 0 Å². The van der Waals surface area contributed by atoms with E-state index in [1.165, 1.54) is 16.5 Å². The van der Waals surface area contributed by atoms with Crippen LogP contribution in [0.4, 0.5) is 4.53 Å². The van der Waals surface area contributed by atoms with Gasteiger partial charge >= 0.3 is 0 Å². The molecular weight excluding hydrogens is 295 g/mol. The summed E-state index contributed by atoms with van der Waals surface area (Å²) in [6, 6.07) is 8.24. The van der Waals surface area contributed by atoms with Gasteiger partial charge in [-0.3, -0.25) is 0 Å². The number of halogens is 1. The summed E-state index contributed by atoms with van der Waals surface area (Å²) in [4.78, 5) is 3.22. The SMILES string of the molecule is NCCCS(=O)OF.OCCCc1c[nH]c2ccccc12. The Morgan fingerprint density at radius 3 is 2.76 bits per heavy atom. The van der Waals surface area contributed by atoms with Crippen molar-refractivity contribution in [3.05, 3.63) is 36.0 Å². The number of rotatable bonds is 7. The molecule has 0 aliphatic rings. The standard InChI is InChI=1S/C11H13NO.C3H8FNO2S/c13-7-3-4-9-8-12-11-6-2-1-5-10(9)11;4-7-8(6)3-1-2-5/h1-2,5-6,8,12-13H,3-4,7H2;1-3,5H2. The van der Waals surface area contributed by atoms with Gasteiger partial charge in [0.1, 0.15) is 0 Å². The van der Waals surface area contributed by atoms with Gasteiger partial charge < -0.3 is 15.8 Å². The van der Waals surface area contributed by atoms with Crippen molar-refractivity contribution >= 4 is 22.0 Å². The number of nitrogens with two attached hydrogens (primary N) is 1. The minimum absolute atomic E-state index is 0.174. The van der Waals surface area contributed by atoms with E-state index < -0.39 is 11.1 Å². The summed E-state index contributed by atoms with van der Waals surface area (Å²) in [5.74, 6) is 0.174. The predicted octanol–water partition coefficient (Wildman–Crippen LogP) is 1.99. The van der Waals surface area contributed by atoms with Crippen LogP contribution in [-0.2, 0) is 21.9 Å². The van der Waals surface area contributed by atoms with Gasteiger partial charge in [0.25, 0.3) is 0 Å². The maximum Gasteiger partial charge on any atom is 0.192 e. The number of aliphatic hydroxyl groups excluding tert-OH is 1. The number of H-pyrrole nitrogens is 1. The number of fused-ring (bicyclic) bond motifs is 1. The third-order valence-corrected chi connectivity index (χ3v) is 3.63. The second-order valence-electron chi connectivity index (χ2n) is 4.40. The molecule has 0 amide bonds. The van der Waals surface area contributed by atoms with E-state index >= 15 is 0 Å². The number of hydrogen-bond donors (Lipinski definition) is 3. The maximum atomic E-state index is 10.9. The summed E-state index contributed by atoms with van der Waals surface area (Å²) in [5, 5.41) is 10.0. The lowest BCUT2D eigenvalue weighted by Gasteiger charge is -1.95. The van der Waals surface area contributed by atoms with Gasteiger partial charge in [0.15, 0.2) is 11.1 Å². The van der Waals surface area contributed by atoms with Gasteiger partial charge in [-0.2, -0.15) is 0 Å². The van der Waals surface area contributed by atoms with E-state index in [1.807, 2.05) is 18.3 Å². The second kappa shape index (κ2) is 10.4. The number of benzene rings is 1. The summed E-state index contributed by atoms with van der Waals surface area (Å²) < 4.78 is 23.9. The molecule has 7 heteroatoms. The molecule has 1 atom stereocenters. The zero-order valence-corrected chi connectivity index (χ0v) is 12.6. The molecule has 0 radical (unpaired) electrons. The van der Waals surface area contributed by atoms with Crippen molar-refractivity contribution in [1.82, 2.24) is 4.98 Å². The lowest BCUT2D eigenvalue weighted by atomic mass is 10.1. The van der Waals surface area contributed by atoms with Crippen molar-refractivity contribution in [2.24, 2.45) is 5.73 Å². The van der Waals surface area contributed by atoms with E-state index in [0.29, 0.717) is 13.0 Å². The molecule has 1 unspecified atom stereocenters. The Bertz CT molecular complexity index is 548. The molecule has 0 bridgehead atoms. The third kappa shape index (κ3) is 6.34. The van der Waals surface area contributed by atoms with Crippen molar-refractivity contribution in [3.8, 4) is 0 Å². The lowest BCUT2D eigenvalue weighted by Crippen LogP contribution is -2.05. The number of aliphatic hydroxyl groups is 1. The van der Waals surface area contributed by atoms with Gasteiger partial charge in [-0.15, -0.1) is 0 Å². The van der Waals surface area contributed by atoms with Crippen molar-refractivity contribution in [2.75, 3.05) is 18.9 Å². The van der Waals surface area contributed by atoms with Crippen LogP contribution in [0.5, 0.6) is 0 Å². The molecule has 0 saturated carbocycles. The molecule has 1 aromatic heterocycles. The van der Waals surface area contributed by atoms with Crippen LogP contribution >= 0.6 is 0 Å². The van der Waals surface area contributed by atoms with E-state index in [1.54, 1.807) is 0 Å². The van der Waals surface area contributed by atoms with Gasteiger partial charge in [-0.1, -0.05) is 22.6 Å². The molecule has 2 aromatic rings. The number of hydrogen-bond acceptors (Lipinski definition) is 4. The Morgan fingerprint density at radius 1 is 1.33 bits per heavy atom. The number of aryl methyl sites for hydroxylation is 1. The molecule has 5 nitrogen and oxygen atoms in total. The van der Waals surface area contributed by atoms with Crippen LogP contribution in [0.3, 0.4) is 0 Å². The van der Waals surface area contributed by atoms with E-state index in [0.717, 1.165) is 12.8 Å². The second-order valence-corrected chi connectivity index (χ2v) is 5.54. The van der Waals surface area contributed by atoms with Gasteiger partial charge in [-0.25, -0.2) is 4.21 Å². The smallest absolute Gasteiger partial charge is 0.192 e. The topological polar surface area (TPSA) is 88.3 Å². The fourth-order valence-electron chi connectivity index (χ4n) is 1.84. The Hall–Kier alpha value is -1.28. The summed E-state index contributed by atoms with van der Waals surface area (Å²) in [6.07, 6.45) is 4.33. The molecule has 0 saturated heterocycles. The highest BCUT2D eigenvalue weighted by molar-refractivity contribution is 7.80. The van der Waals surface area contributed by atoms with Gasteiger partial charge in [0.2, 0.25) is 0 Å². The Balaban J connectivity index is 0.000000240. The first-order valence-electron chi connectivity index (χ1n) is 6.76. The molecule has 118 valence electrons. The molecule has 1 aromatic carbocycles. The van der Waals surface area contributed by atoms with Crippen molar-refractivity contribution in [3.63, 3.8) is 0 Å². The van der Waals surface area contributed by atoms with Crippen molar-refractivity contribution in [2.45, 2.75) is 19.3 Å². The van der Waals surface area contributed by atoms with E-state index in [-0.39, 0.29) is 12.4 Å². The third-order valence-electron chi connectivity index (χ3n) is 2.86. The number of aromatic amines is 1. The molecular formula is C14H21FN2O3S. The lowest BCUT2D eigenvalue weighted by molar-refractivity contribution is 0.0126. The minimum atomic E-state index is -1.77. The maximum absolute atomic E-state index is 10.9. The van der Waals surface area contributed by atoms with Crippen LogP contribution in [-0.4, -0.2) is 33.2 Å². The molecule has 4 N–H and O–H groups in total. The van der Waals surface area contributed by atoms with Crippen molar-refractivity contribution < 1.29 is 18.2 Å². The van der Waals surface area contributed by atoms with E-state index in [9.17, 15) is 8.74 Å². The average Bonchev–Trinajstić information content (AvgIpc) is 2.94. The molecule has 2 rings (SSSR count). The predicted molar refractivity (Wildman–Crippen MR) is 82.6 cm³/mol. The van der Waals surface area contributed by atoms with Crippen LogP contribution in [0.25, 0.3) is 10.9 Å². The number of nitrogens with one attached hydrogen (secondary N) is 1. The molecule has 0 spiro atoms. The summed E-state index contributed by atoms with van der Waals surface area (Å²) >= 11 is -1.77. The van der Waals surface area contributed by atoms with E-state index in [4.69, 9.17) is 10.8 Å². The van der Waals surface area contributed by atoms with Crippen molar-refractivity contribution in [1.29, 1.82) is 0 Å². The first-order valence-corrected chi connectivity index (χ1v) is 8.00. The highest BCUT2D eigenvalue weighted by atomic mass is 32.2. The monoisotopic (exact) mass is 316 g/mol. The van der Waals surface area contributed by atoms with Crippen LogP contribution in [0.15, 0.2) is 30.5 Å². The van der Waals surface area contributed by atoms with Gasteiger partial charge in [0, 0.05) is 23.7 Å². The Morgan fingerprint density at radius 2 is 2.10 bits per heavy atom. The minimum Gasteiger partial charge on any atom is -0.396 e. The highest BCUT2D eigenvalue weighted by Crippen LogP contribution is 2.18. The van der Waals surface area contributed by atoms with Gasteiger partial charge in [0.05, 0.1) is 5.75 Å². The molecule has 0 aliphatic carbocycles. The zero-order chi connectivity index (χ0) is 15.5. The summed E-state index contributed by atoms with van der Waals surface area (Å²) in [7, 11) is 0. The Kier molecular flexibility index (Phi) is 8.84.